The molecule has 2 aliphatic rings. The summed E-state index contributed by atoms with van der Waals surface area (Å²) in [5.41, 5.74) is 0. The first-order chi connectivity index (χ1) is 8.31. The van der Waals surface area contributed by atoms with Crippen LogP contribution in [0, 0.1) is 11.8 Å². The summed E-state index contributed by atoms with van der Waals surface area (Å²) in [5.74, 6) is 1.51. The highest BCUT2D eigenvalue weighted by Gasteiger charge is 2.27. The number of carbonyl (C=O) groups excluding carboxylic acids is 1. The van der Waals surface area contributed by atoms with Gasteiger partial charge in [-0.1, -0.05) is 13.3 Å². The Morgan fingerprint density at radius 1 is 1.22 bits per heavy atom. The highest BCUT2D eigenvalue weighted by molar-refractivity contribution is 5.85. The van der Waals surface area contributed by atoms with Crippen LogP contribution in [0.15, 0.2) is 0 Å². The predicted molar refractivity (Wildman–Crippen MR) is 77.1 cm³/mol. The van der Waals surface area contributed by atoms with Gasteiger partial charge in [0.2, 0.25) is 5.91 Å². The van der Waals surface area contributed by atoms with Gasteiger partial charge < -0.3 is 10.2 Å². The molecule has 0 saturated carbocycles. The van der Waals surface area contributed by atoms with E-state index in [0.29, 0.717) is 5.91 Å². The minimum atomic E-state index is 0. The second kappa shape index (κ2) is 8.00. The van der Waals surface area contributed by atoms with Crippen molar-refractivity contribution in [2.45, 2.75) is 45.4 Å². The van der Waals surface area contributed by atoms with Crippen molar-refractivity contribution in [1.82, 2.24) is 10.2 Å². The molecule has 2 fully saturated rings. The van der Waals surface area contributed by atoms with Gasteiger partial charge in [-0.2, -0.15) is 0 Å². The Balaban J connectivity index is 0.00000162. The normalized spacial score (nSPS) is 29.3. The van der Waals surface area contributed by atoms with E-state index in [1.165, 1.54) is 25.7 Å². The lowest BCUT2D eigenvalue weighted by atomic mass is 9.97. The molecule has 0 aliphatic carbocycles. The van der Waals surface area contributed by atoms with Gasteiger partial charge in [0.15, 0.2) is 0 Å². The number of piperidine rings is 1. The molecule has 0 aromatic carbocycles. The SMILES string of the molecule is CCC1CCCN(C(=O)[C@@H]2CCCNC2)CC1.Cl. The number of hydrogen-bond acceptors (Lipinski definition) is 2. The van der Waals surface area contributed by atoms with Gasteiger partial charge >= 0.3 is 0 Å². The topological polar surface area (TPSA) is 32.3 Å². The molecule has 1 unspecified atom stereocenters. The van der Waals surface area contributed by atoms with Crippen LogP contribution >= 0.6 is 12.4 Å². The first kappa shape index (κ1) is 15.8. The number of amides is 1. The Morgan fingerprint density at radius 2 is 2.06 bits per heavy atom. The molecule has 1 N–H and O–H groups in total. The maximum absolute atomic E-state index is 12.4. The van der Waals surface area contributed by atoms with E-state index in [2.05, 4.69) is 17.1 Å². The predicted octanol–water partition coefficient (Wildman–Crippen LogP) is 2.45. The molecule has 2 rings (SSSR count). The molecule has 4 heteroatoms. The van der Waals surface area contributed by atoms with Crippen molar-refractivity contribution in [2.24, 2.45) is 11.8 Å². The molecule has 0 aromatic heterocycles. The number of nitrogens with zero attached hydrogens (tertiary/aromatic N) is 1. The van der Waals surface area contributed by atoms with E-state index in [1.54, 1.807) is 0 Å². The third-order valence-corrected chi connectivity index (χ3v) is 4.38. The van der Waals surface area contributed by atoms with E-state index in [9.17, 15) is 4.79 Å². The first-order valence-corrected chi connectivity index (χ1v) is 7.30. The lowest BCUT2D eigenvalue weighted by Crippen LogP contribution is -2.43. The Morgan fingerprint density at radius 3 is 2.72 bits per heavy atom. The van der Waals surface area contributed by atoms with Crippen LogP contribution in [0.25, 0.3) is 0 Å². The summed E-state index contributed by atoms with van der Waals surface area (Å²) >= 11 is 0. The van der Waals surface area contributed by atoms with E-state index >= 15 is 0 Å². The summed E-state index contributed by atoms with van der Waals surface area (Å²) in [6, 6.07) is 0. The first-order valence-electron chi connectivity index (χ1n) is 7.30. The monoisotopic (exact) mass is 274 g/mol. The minimum Gasteiger partial charge on any atom is -0.342 e. The van der Waals surface area contributed by atoms with Gasteiger partial charge in [0, 0.05) is 19.6 Å². The third-order valence-electron chi connectivity index (χ3n) is 4.38. The van der Waals surface area contributed by atoms with Crippen LogP contribution in [0.3, 0.4) is 0 Å². The molecule has 18 heavy (non-hydrogen) atoms. The number of halogens is 1. The van der Waals surface area contributed by atoms with Crippen molar-refractivity contribution in [3.8, 4) is 0 Å². The molecule has 2 atom stereocenters. The van der Waals surface area contributed by atoms with Crippen molar-refractivity contribution < 1.29 is 4.79 Å². The van der Waals surface area contributed by atoms with Gasteiger partial charge in [-0.25, -0.2) is 0 Å². The number of carbonyl (C=O) groups is 1. The summed E-state index contributed by atoms with van der Waals surface area (Å²) in [4.78, 5) is 14.5. The van der Waals surface area contributed by atoms with Crippen molar-refractivity contribution in [1.29, 1.82) is 0 Å². The molecule has 2 aliphatic heterocycles. The standard InChI is InChI=1S/C14H26N2O.ClH/c1-2-12-5-4-9-16(10-7-12)14(17)13-6-3-8-15-11-13;/h12-13,15H,2-11H2,1H3;1H/t12?,13-;/m1./s1. The van der Waals surface area contributed by atoms with Gasteiger partial charge in [0.25, 0.3) is 0 Å². The van der Waals surface area contributed by atoms with E-state index in [0.717, 1.165) is 44.9 Å². The van der Waals surface area contributed by atoms with Gasteiger partial charge in [0.1, 0.15) is 0 Å². The molecular formula is C14H27ClN2O. The molecule has 0 spiro atoms. The molecule has 106 valence electrons. The zero-order valence-corrected chi connectivity index (χ0v) is 12.3. The summed E-state index contributed by atoms with van der Waals surface area (Å²) in [6.07, 6.45) is 7.23. The summed E-state index contributed by atoms with van der Waals surface area (Å²) in [5, 5.41) is 3.34. The average molecular weight is 275 g/mol. The molecule has 0 radical (unpaired) electrons. The smallest absolute Gasteiger partial charge is 0.226 e. The molecule has 2 saturated heterocycles. The Kier molecular flexibility index (Phi) is 7.02. The number of likely N-dealkylation sites (tertiary alicyclic amines) is 1. The molecule has 1 amide bonds. The maximum atomic E-state index is 12.4. The third kappa shape index (κ3) is 4.13. The second-order valence-corrected chi connectivity index (χ2v) is 5.57. The van der Waals surface area contributed by atoms with E-state index in [-0.39, 0.29) is 18.3 Å². The minimum absolute atomic E-state index is 0. The lowest BCUT2D eigenvalue weighted by molar-refractivity contribution is -0.136. The fourth-order valence-corrected chi connectivity index (χ4v) is 3.11. The zero-order chi connectivity index (χ0) is 12.1. The Bertz CT molecular complexity index is 254. The van der Waals surface area contributed by atoms with Gasteiger partial charge in [-0.15, -0.1) is 12.4 Å². The molecule has 0 aromatic rings. The van der Waals surface area contributed by atoms with Crippen LogP contribution < -0.4 is 5.32 Å². The highest BCUT2D eigenvalue weighted by atomic mass is 35.5. The van der Waals surface area contributed by atoms with Crippen LogP contribution in [0.4, 0.5) is 0 Å². The molecule has 2 heterocycles. The van der Waals surface area contributed by atoms with Gasteiger partial charge in [-0.05, 0) is 44.6 Å². The average Bonchev–Trinajstić information content (AvgIpc) is 2.64. The van der Waals surface area contributed by atoms with Crippen molar-refractivity contribution >= 4 is 18.3 Å². The van der Waals surface area contributed by atoms with Crippen LogP contribution in [-0.2, 0) is 4.79 Å². The summed E-state index contributed by atoms with van der Waals surface area (Å²) in [6.45, 7) is 6.24. The quantitative estimate of drug-likeness (QED) is 0.839. The molecular weight excluding hydrogens is 248 g/mol. The van der Waals surface area contributed by atoms with Crippen molar-refractivity contribution in [3.63, 3.8) is 0 Å². The summed E-state index contributed by atoms with van der Waals surface area (Å²) < 4.78 is 0. The Labute approximate surface area is 117 Å². The Hall–Kier alpha value is -0.280. The van der Waals surface area contributed by atoms with Crippen LogP contribution in [0.2, 0.25) is 0 Å². The fourth-order valence-electron chi connectivity index (χ4n) is 3.11. The van der Waals surface area contributed by atoms with E-state index in [4.69, 9.17) is 0 Å². The zero-order valence-electron chi connectivity index (χ0n) is 11.5. The summed E-state index contributed by atoms with van der Waals surface area (Å²) in [7, 11) is 0. The second-order valence-electron chi connectivity index (χ2n) is 5.57. The van der Waals surface area contributed by atoms with E-state index in [1.807, 2.05) is 0 Å². The maximum Gasteiger partial charge on any atom is 0.226 e. The van der Waals surface area contributed by atoms with Crippen LogP contribution in [0.5, 0.6) is 0 Å². The van der Waals surface area contributed by atoms with E-state index < -0.39 is 0 Å². The van der Waals surface area contributed by atoms with Gasteiger partial charge in [0.05, 0.1) is 5.92 Å². The highest BCUT2D eigenvalue weighted by Crippen LogP contribution is 2.22. The number of rotatable bonds is 2. The largest absolute Gasteiger partial charge is 0.342 e. The lowest BCUT2D eigenvalue weighted by Gasteiger charge is -2.28. The number of hydrogen-bond donors (Lipinski definition) is 1. The van der Waals surface area contributed by atoms with Crippen molar-refractivity contribution in [2.75, 3.05) is 26.2 Å². The number of nitrogens with one attached hydrogen (secondary N) is 1. The van der Waals surface area contributed by atoms with Crippen LogP contribution in [0.1, 0.15) is 45.4 Å². The van der Waals surface area contributed by atoms with Crippen molar-refractivity contribution in [3.05, 3.63) is 0 Å². The van der Waals surface area contributed by atoms with Crippen LogP contribution in [-0.4, -0.2) is 37.0 Å². The van der Waals surface area contributed by atoms with Gasteiger partial charge in [-0.3, -0.25) is 4.79 Å². The fraction of sp³-hybridized carbons (Fsp3) is 0.929. The molecule has 0 bridgehead atoms. The molecule has 3 nitrogen and oxygen atoms in total.